The molecule has 3 rings (SSSR count). The third-order valence-electron chi connectivity index (χ3n) is 4.94. The molecule has 2 aromatic rings. The maximum Gasteiger partial charge on any atom is 0.128 e. The van der Waals surface area contributed by atoms with Gasteiger partial charge in [-0.1, -0.05) is 35.0 Å². The molecule has 2 heterocycles. The van der Waals surface area contributed by atoms with Crippen LogP contribution >= 0.6 is 15.9 Å². The predicted molar refractivity (Wildman–Crippen MR) is 108 cm³/mol. The molecular weight excluding hydrogens is 376 g/mol. The molecule has 0 aliphatic carbocycles. The number of aromatic nitrogens is 1. The lowest BCUT2D eigenvalue weighted by Gasteiger charge is -2.34. The summed E-state index contributed by atoms with van der Waals surface area (Å²) in [5.41, 5.74) is 2.58. The number of hydrogen-bond donors (Lipinski definition) is 1. The zero-order valence-electron chi connectivity index (χ0n) is 15.1. The van der Waals surface area contributed by atoms with Gasteiger partial charge in [-0.25, -0.2) is 4.98 Å². The second kappa shape index (κ2) is 8.79. The van der Waals surface area contributed by atoms with E-state index in [0.717, 1.165) is 49.6 Å². The minimum absolute atomic E-state index is 0.317. The molecule has 1 aliphatic heterocycles. The van der Waals surface area contributed by atoms with Crippen molar-refractivity contribution in [3.63, 3.8) is 0 Å². The van der Waals surface area contributed by atoms with Gasteiger partial charge in [-0.05, 0) is 48.9 Å². The Hall–Kier alpha value is -1.43. The normalized spacial score (nSPS) is 16.8. The molecular formula is C20H27BrN4. The molecule has 1 fully saturated rings. The van der Waals surface area contributed by atoms with Crippen LogP contribution in [-0.2, 0) is 6.54 Å². The quantitative estimate of drug-likeness (QED) is 0.794. The zero-order valence-corrected chi connectivity index (χ0v) is 16.7. The number of nitrogens with one attached hydrogen (secondary N) is 1. The van der Waals surface area contributed by atoms with E-state index in [1.807, 2.05) is 6.20 Å². The van der Waals surface area contributed by atoms with Crippen molar-refractivity contribution in [3.8, 4) is 0 Å². The third kappa shape index (κ3) is 5.03. The van der Waals surface area contributed by atoms with Gasteiger partial charge < -0.3 is 15.1 Å². The minimum Gasteiger partial charge on any atom is -0.354 e. The third-order valence-corrected chi connectivity index (χ3v) is 5.46. The molecule has 4 nitrogen and oxygen atoms in total. The number of halogens is 1. The SMILES string of the molecule is CCN1CCN(c2cc(CN[C@@H](C)c3ccc(Br)cc3)ccn2)CC1. The van der Waals surface area contributed by atoms with Gasteiger partial charge in [0.2, 0.25) is 0 Å². The van der Waals surface area contributed by atoms with Crippen LogP contribution in [-0.4, -0.2) is 42.6 Å². The lowest BCUT2D eigenvalue weighted by molar-refractivity contribution is 0.270. The second-order valence-corrected chi connectivity index (χ2v) is 7.51. The first-order valence-corrected chi connectivity index (χ1v) is 9.86. The molecule has 134 valence electrons. The lowest BCUT2D eigenvalue weighted by atomic mass is 10.1. The van der Waals surface area contributed by atoms with E-state index in [0.29, 0.717) is 6.04 Å². The predicted octanol–water partition coefficient (Wildman–Crippen LogP) is 3.84. The smallest absolute Gasteiger partial charge is 0.128 e. The summed E-state index contributed by atoms with van der Waals surface area (Å²) in [5, 5.41) is 3.61. The maximum absolute atomic E-state index is 4.58. The summed E-state index contributed by atoms with van der Waals surface area (Å²) in [6.07, 6.45) is 1.93. The van der Waals surface area contributed by atoms with E-state index in [9.17, 15) is 0 Å². The van der Waals surface area contributed by atoms with Crippen molar-refractivity contribution in [2.75, 3.05) is 37.6 Å². The van der Waals surface area contributed by atoms with Crippen LogP contribution in [0.3, 0.4) is 0 Å². The number of pyridine rings is 1. The van der Waals surface area contributed by atoms with E-state index in [1.54, 1.807) is 0 Å². The van der Waals surface area contributed by atoms with E-state index < -0.39 is 0 Å². The van der Waals surface area contributed by atoms with E-state index in [-0.39, 0.29) is 0 Å². The van der Waals surface area contributed by atoms with Gasteiger partial charge in [0.1, 0.15) is 5.82 Å². The summed E-state index contributed by atoms with van der Waals surface area (Å²) in [7, 11) is 0. The molecule has 1 atom stereocenters. The number of anilines is 1. The van der Waals surface area contributed by atoms with E-state index in [4.69, 9.17) is 0 Å². The number of likely N-dealkylation sites (N-methyl/N-ethyl adjacent to an activating group) is 1. The molecule has 0 radical (unpaired) electrons. The molecule has 1 saturated heterocycles. The molecule has 5 heteroatoms. The van der Waals surface area contributed by atoms with Gasteiger partial charge in [0, 0.05) is 49.4 Å². The first-order chi connectivity index (χ1) is 12.2. The molecule has 0 bridgehead atoms. The highest BCUT2D eigenvalue weighted by atomic mass is 79.9. The highest BCUT2D eigenvalue weighted by Crippen LogP contribution is 2.18. The molecule has 1 aromatic heterocycles. The van der Waals surface area contributed by atoms with Crippen molar-refractivity contribution >= 4 is 21.7 Å². The molecule has 1 N–H and O–H groups in total. The number of benzene rings is 1. The topological polar surface area (TPSA) is 31.4 Å². The molecule has 0 spiro atoms. The summed E-state index contributed by atoms with van der Waals surface area (Å²) in [4.78, 5) is 9.47. The number of nitrogens with zero attached hydrogens (tertiary/aromatic N) is 3. The Balaban J connectivity index is 1.57. The first kappa shape index (κ1) is 18.4. The summed E-state index contributed by atoms with van der Waals surface area (Å²) < 4.78 is 1.12. The second-order valence-electron chi connectivity index (χ2n) is 6.60. The Morgan fingerprint density at radius 1 is 1.12 bits per heavy atom. The monoisotopic (exact) mass is 402 g/mol. The van der Waals surface area contributed by atoms with Crippen LogP contribution in [0.2, 0.25) is 0 Å². The molecule has 1 aliphatic rings. The van der Waals surface area contributed by atoms with Crippen molar-refractivity contribution in [2.45, 2.75) is 26.4 Å². The maximum atomic E-state index is 4.58. The summed E-state index contributed by atoms with van der Waals surface area (Å²) in [6, 6.07) is 13.1. The van der Waals surface area contributed by atoms with Gasteiger partial charge in [-0.15, -0.1) is 0 Å². The van der Waals surface area contributed by atoms with Crippen molar-refractivity contribution in [3.05, 3.63) is 58.2 Å². The van der Waals surface area contributed by atoms with E-state index in [1.165, 1.54) is 11.1 Å². The fourth-order valence-corrected chi connectivity index (χ4v) is 3.44. The summed E-state index contributed by atoms with van der Waals surface area (Å²) in [5.74, 6) is 1.10. The average molecular weight is 403 g/mol. The van der Waals surface area contributed by atoms with Crippen LogP contribution in [0.25, 0.3) is 0 Å². The number of piperazine rings is 1. The average Bonchev–Trinajstić information content (AvgIpc) is 2.67. The Kier molecular flexibility index (Phi) is 6.45. The summed E-state index contributed by atoms with van der Waals surface area (Å²) >= 11 is 3.49. The Morgan fingerprint density at radius 3 is 2.52 bits per heavy atom. The lowest BCUT2D eigenvalue weighted by Crippen LogP contribution is -2.46. The van der Waals surface area contributed by atoms with Crippen molar-refractivity contribution in [1.82, 2.24) is 15.2 Å². The molecule has 0 amide bonds. The highest BCUT2D eigenvalue weighted by molar-refractivity contribution is 9.10. The van der Waals surface area contributed by atoms with Gasteiger partial charge in [0.25, 0.3) is 0 Å². The fourth-order valence-electron chi connectivity index (χ4n) is 3.18. The van der Waals surface area contributed by atoms with Crippen molar-refractivity contribution in [1.29, 1.82) is 0 Å². The van der Waals surface area contributed by atoms with Gasteiger partial charge >= 0.3 is 0 Å². The first-order valence-electron chi connectivity index (χ1n) is 9.07. The van der Waals surface area contributed by atoms with Crippen LogP contribution in [0, 0.1) is 0 Å². The van der Waals surface area contributed by atoms with Crippen LogP contribution in [0.5, 0.6) is 0 Å². The van der Waals surface area contributed by atoms with Crippen LogP contribution < -0.4 is 10.2 Å². The standard InChI is InChI=1S/C20H27BrN4/c1-3-24-10-12-25(13-11-24)20-14-17(8-9-22-20)15-23-16(2)18-4-6-19(21)7-5-18/h4-9,14,16,23H,3,10-13,15H2,1-2H3/t16-/m0/s1. The Bertz CT molecular complexity index is 666. The van der Waals surface area contributed by atoms with Crippen molar-refractivity contribution < 1.29 is 0 Å². The van der Waals surface area contributed by atoms with Crippen molar-refractivity contribution in [2.24, 2.45) is 0 Å². The van der Waals surface area contributed by atoms with Gasteiger partial charge in [-0.3, -0.25) is 0 Å². The largest absolute Gasteiger partial charge is 0.354 e. The van der Waals surface area contributed by atoms with Gasteiger partial charge in [0.15, 0.2) is 0 Å². The number of hydrogen-bond acceptors (Lipinski definition) is 4. The minimum atomic E-state index is 0.317. The highest BCUT2D eigenvalue weighted by Gasteiger charge is 2.16. The molecule has 0 saturated carbocycles. The van der Waals surface area contributed by atoms with E-state index >= 15 is 0 Å². The Labute approximate surface area is 159 Å². The number of rotatable bonds is 6. The fraction of sp³-hybridized carbons (Fsp3) is 0.450. The van der Waals surface area contributed by atoms with Gasteiger partial charge in [0.05, 0.1) is 0 Å². The molecule has 0 unspecified atom stereocenters. The van der Waals surface area contributed by atoms with Gasteiger partial charge in [-0.2, -0.15) is 0 Å². The summed E-state index contributed by atoms with van der Waals surface area (Å²) in [6.45, 7) is 10.8. The zero-order chi connectivity index (χ0) is 17.6. The van der Waals surface area contributed by atoms with Crippen LogP contribution in [0.4, 0.5) is 5.82 Å². The Morgan fingerprint density at radius 2 is 1.84 bits per heavy atom. The molecule has 25 heavy (non-hydrogen) atoms. The van der Waals surface area contributed by atoms with Crippen LogP contribution in [0.1, 0.15) is 31.0 Å². The van der Waals surface area contributed by atoms with E-state index in [2.05, 4.69) is 86.3 Å². The van der Waals surface area contributed by atoms with Crippen LogP contribution in [0.15, 0.2) is 47.1 Å². The molecule has 1 aromatic carbocycles.